The molecule has 24 heavy (non-hydrogen) atoms. The maximum Gasteiger partial charge on any atom is 0.193 e. The Kier molecular flexibility index (Phi) is 8.33. The van der Waals surface area contributed by atoms with Crippen molar-refractivity contribution >= 4 is 5.96 Å². The van der Waals surface area contributed by atoms with E-state index in [9.17, 15) is 0 Å². The van der Waals surface area contributed by atoms with E-state index in [1.807, 2.05) is 0 Å². The summed E-state index contributed by atoms with van der Waals surface area (Å²) in [6.07, 6.45) is 8.41. The maximum atomic E-state index is 6.29. The molecule has 0 radical (unpaired) electrons. The molecule has 5 heteroatoms. The van der Waals surface area contributed by atoms with Crippen LogP contribution in [0.4, 0.5) is 0 Å². The van der Waals surface area contributed by atoms with Crippen LogP contribution in [-0.2, 0) is 9.47 Å². The largest absolute Gasteiger partial charge is 0.381 e. The molecule has 1 N–H and O–H groups in total. The van der Waals surface area contributed by atoms with E-state index in [-0.39, 0.29) is 5.60 Å². The van der Waals surface area contributed by atoms with Gasteiger partial charge in [-0.2, -0.15) is 0 Å². The summed E-state index contributed by atoms with van der Waals surface area (Å²) >= 11 is 0. The molecule has 1 aliphatic heterocycles. The van der Waals surface area contributed by atoms with Gasteiger partial charge in [-0.15, -0.1) is 0 Å². The Bertz CT molecular complexity index is 375. The van der Waals surface area contributed by atoms with Gasteiger partial charge < -0.3 is 19.7 Å². The Hall–Kier alpha value is -0.810. The van der Waals surface area contributed by atoms with Gasteiger partial charge in [0, 0.05) is 39.3 Å². The molecule has 2 fully saturated rings. The number of nitrogens with one attached hydrogen (secondary N) is 1. The number of nitrogens with zero attached hydrogens (tertiary/aromatic N) is 2. The lowest BCUT2D eigenvalue weighted by Crippen LogP contribution is -2.44. The molecule has 1 heterocycles. The highest BCUT2D eigenvalue weighted by molar-refractivity contribution is 5.79. The normalized spacial score (nSPS) is 24.1. The van der Waals surface area contributed by atoms with Gasteiger partial charge in [-0.05, 0) is 32.6 Å². The van der Waals surface area contributed by atoms with Gasteiger partial charge in [0.25, 0.3) is 0 Å². The van der Waals surface area contributed by atoms with Gasteiger partial charge in [0.2, 0.25) is 0 Å². The van der Waals surface area contributed by atoms with Crippen LogP contribution in [0.15, 0.2) is 4.99 Å². The molecule has 0 aromatic heterocycles. The minimum absolute atomic E-state index is 0.0355. The van der Waals surface area contributed by atoms with Crippen LogP contribution in [0.2, 0.25) is 0 Å². The molecule has 1 saturated carbocycles. The second-order valence-corrected chi connectivity index (χ2v) is 7.37. The standard InChI is InChI=1S/C19H37N3O2/c1-4-12-24-19(10-7-6-8-11-19)16-21-18(20-5-2)22(3)14-17-9-13-23-15-17/h17H,4-16H2,1-3H3,(H,20,21). The van der Waals surface area contributed by atoms with Crippen LogP contribution in [0.25, 0.3) is 0 Å². The van der Waals surface area contributed by atoms with Crippen molar-refractivity contribution in [2.45, 2.75) is 64.4 Å². The predicted octanol–water partition coefficient (Wildman–Crippen LogP) is 3.05. The van der Waals surface area contributed by atoms with E-state index in [1.165, 1.54) is 19.3 Å². The fourth-order valence-electron chi connectivity index (χ4n) is 3.75. The summed E-state index contributed by atoms with van der Waals surface area (Å²) in [4.78, 5) is 7.23. The molecule has 1 saturated heterocycles. The van der Waals surface area contributed by atoms with Crippen LogP contribution in [0.5, 0.6) is 0 Å². The summed E-state index contributed by atoms with van der Waals surface area (Å²) in [5.74, 6) is 1.63. The van der Waals surface area contributed by atoms with Gasteiger partial charge in [-0.25, -0.2) is 0 Å². The summed E-state index contributed by atoms with van der Waals surface area (Å²) in [6, 6.07) is 0. The van der Waals surface area contributed by atoms with Gasteiger partial charge in [0.05, 0.1) is 18.8 Å². The van der Waals surface area contributed by atoms with Crippen molar-refractivity contribution in [2.24, 2.45) is 10.9 Å². The van der Waals surface area contributed by atoms with E-state index in [0.29, 0.717) is 5.92 Å². The molecule has 0 aromatic carbocycles. The van der Waals surface area contributed by atoms with E-state index < -0.39 is 0 Å². The fourth-order valence-corrected chi connectivity index (χ4v) is 3.75. The molecular weight excluding hydrogens is 302 g/mol. The van der Waals surface area contributed by atoms with Crippen LogP contribution < -0.4 is 5.32 Å². The third-order valence-electron chi connectivity index (χ3n) is 5.15. The van der Waals surface area contributed by atoms with Gasteiger partial charge in [-0.3, -0.25) is 4.99 Å². The first-order chi connectivity index (χ1) is 11.7. The molecule has 0 spiro atoms. The monoisotopic (exact) mass is 339 g/mol. The van der Waals surface area contributed by atoms with Crippen molar-refractivity contribution in [1.29, 1.82) is 0 Å². The van der Waals surface area contributed by atoms with E-state index in [0.717, 1.165) is 71.1 Å². The third-order valence-corrected chi connectivity index (χ3v) is 5.15. The summed E-state index contributed by atoms with van der Waals surface area (Å²) in [7, 11) is 2.14. The molecule has 1 unspecified atom stereocenters. The van der Waals surface area contributed by atoms with Crippen molar-refractivity contribution < 1.29 is 9.47 Å². The topological polar surface area (TPSA) is 46.1 Å². The van der Waals surface area contributed by atoms with Crippen molar-refractivity contribution in [3.8, 4) is 0 Å². The minimum Gasteiger partial charge on any atom is -0.381 e. The Morgan fingerprint density at radius 2 is 2.08 bits per heavy atom. The predicted molar refractivity (Wildman–Crippen MR) is 99.6 cm³/mol. The highest BCUT2D eigenvalue weighted by Crippen LogP contribution is 2.32. The van der Waals surface area contributed by atoms with Crippen molar-refractivity contribution in [1.82, 2.24) is 10.2 Å². The molecular formula is C19H37N3O2. The smallest absolute Gasteiger partial charge is 0.193 e. The molecule has 1 aliphatic carbocycles. The minimum atomic E-state index is -0.0355. The number of ether oxygens (including phenoxy) is 2. The van der Waals surface area contributed by atoms with Gasteiger partial charge in [-0.1, -0.05) is 26.2 Å². The first-order valence-corrected chi connectivity index (χ1v) is 9.90. The highest BCUT2D eigenvalue weighted by Gasteiger charge is 2.33. The third kappa shape index (κ3) is 5.92. The molecule has 0 bridgehead atoms. The zero-order chi connectivity index (χ0) is 17.3. The van der Waals surface area contributed by atoms with Gasteiger partial charge in [0.15, 0.2) is 5.96 Å². The molecule has 2 rings (SSSR count). The summed E-state index contributed by atoms with van der Waals surface area (Å²) in [5.41, 5.74) is -0.0355. The maximum absolute atomic E-state index is 6.29. The van der Waals surface area contributed by atoms with Crippen LogP contribution in [0.3, 0.4) is 0 Å². The Labute approximate surface area is 148 Å². The average Bonchev–Trinajstić information content (AvgIpc) is 3.10. The SMILES string of the molecule is CCCOC1(CN=C(NCC)N(C)CC2CCOC2)CCCCC1. The number of rotatable bonds is 8. The lowest BCUT2D eigenvalue weighted by Gasteiger charge is -2.36. The molecule has 0 aromatic rings. The van der Waals surface area contributed by atoms with E-state index >= 15 is 0 Å². The van der Waals surface area contributed by atoms with Crippen molar-refractivity contribution in [3.05, 3.63) is 0 Å². The quantitative estimate of drug-likeness (QED) is 0.545. The number of aliphatic imine (C=N–C) groups is 1. The molecule has 0 amide bonds. The second-order valence-electron chi connectivity index (χ2n) is 7.37. The zero-order valence-electron chi connectivity index (χ0n) is 16.0. The highest BCUT2D eigenvalue weighted by atomic mass is 16.5. The van der Waals surface area contributed by atoms with Crippen LogP contribution in [-0.4, -0.2) is 63.0 Å². The second kappa shape index (κ2) is 10.2. The molecule has 1 atom stereocenters. The van der Waals surface area contributed by atoms with E-state index in [1.54, 1.807) is 0 Å². The summed E-state index contributed by atoms with van der Waals surface area (Å²) in [5, 5.41) is 3.45. The average molecular weight is 340 g/mol. The molecule has 140 valence electrons. The zero-order valence-corrected chi connectivity index (χ0v) is 16.0. The fraction of sp³-hybridized carbons (Fsp3) is 0.947. The lowest BCUT2D eigenvalue weighted by atomic mass is 9.84. The first-order valence-electron chi connectivity index (χ1n) is 9.90. The Morgan fingerprint density at radius 1 is 1.29 bits per heavy atom. The van der Waals surface area contributed by atoms with Crippen LogP contribution in [0, 0.1) is 5.92 Å². The number of hydrogen-bond acceptors (Lipinski definition) is 3. The lowest BCUT2D eigenvalue weighted by molar-refractivity contribution is -0.0625. The van der Waals surface area contributed by atoms with E-state index in [2.05, 4.69) is 31.1 Å². The van der Waals surface area contributed by atoms with Crippen molar-refractivity contribution in [3.63, 3.8) is 0 Å². The Morgan fingerprint density at radius 3 is 2.71 bits per heavy atom. The molecule has 5 nitrogen and oxygen atoms in total. The van der Waals surface area contributed by atoms with Crippen LogP contribution >= 0.6 is 0 Å². The van der Waals surface area contributed by atoms with Gasteiger partial charge >= 0.3 is 0 Å². The summed E-state index contributed by atoms with van der Waals surface area (Å²) < 4.78 is 11.8. The summed E-state index contributed by atoms with van der Waals surface area (Å²) in [6.45, 7) is 9.63. The number of guanidine groups is 1. The van der Waals surface area contributed by atoms with Gasteiger partial charge in [0.1, 0.15) is 0 Å². The van der Waals surface area contributed by atoms with Crippen LogP contribution in [0.1, 0.15) is 58.8 Å². The van der Waals surface area contributed by atoms with Crippen molar-refractivity contribution in [2.75, 3.05) is 46.5 Å². The first kappa shape index (κ1) is 19.5. The molecule has 2 aliphatic rings. The van der Waals surface area contributed by atoms with E-state index in [4.69, 9.17) is 14.5 Å². The Balaban J connectivity index is 1.97. The number of hydrogen-bond donors (Lipinski definition) is 1.